The van der Waals surface area contributed by atoms with E-state index in [1.54, 1.807) is 0 Å². The Labute approximate surface area is 98.6 Å². The third-order valence-corrected chi connectivity index (χ3v) is 2.91. The molecule has 0 saturated carbocycles. The summed E-state index contributed by atoms with van der Waals surface area (Å²) < 4.78 is 31.6. The molecule has 1 atom stereocenters. The highest BCUT2D eigenvalue weighted by atomic mass is 19.1. The zero-order valence-corrected chi connectivity index (χ0v) is 9.42. The average Bonchev–Trinajstić information content (AvgIpc) is 2.35. The van der Waals surface area contributed by atoms with Crippen LogP contribution in [-0.4, -0.2) is 18.5 Å². The summed E-state index contributed by atoms with van der Waals surface area (Å²) in [5.74, 6) is -1.25. The summed E-state index contributed by atoms with van der Waals surface area (Å²) in [5.41, 5.74) is 0.101. The largest absolute Gasteiger partial charge is 0.370 e. The Morgan fingerprint density at radius 3 is 2.88 bits per heavy atom. The van der Waals surface area contributed by atoms with Crippen molar-refractivity contribution in [1.82, 2.24) is 0 Å². The van der Waals surface area contributed by atoms with Gasteiger partial charge in [-0.3, -0.25) is 4.79 Å². The van der Waals surface area contributed by atoms with E-state index in [1.165, 1.54) is 0 Å². The van der Waals surface area contributed by atoms with Crippen LogP contribution >= 0.6 is 0 Å². The van der Waals surface area contributed by atoms with E-state index in [1.807, 2.05) is 0 Å². The van der Waals surface area contributed by atoms with Crippen LogP contribution in [0, 0.1) is 11.6 Å². The van der Waals surface area contributed by atoms with Gasteiger partial charge in [-0.15, -0.1) is 0 Å². The van der Waals surface area contributed by atoms with Crippen LogP contribution < -0.4 is 0 Å². The molecule has 1 saturated heterocycles. The summed E-state index contributed by atoms with van der Waals surface area (Å²) in [6, 6.07) is 3.15. The minimum Gasteiger partial charge on any atom is -0.370 e. The molecule has 0 spiro atoms. The number of carbonyl (C=O) groups excluding carboxylic acids is 1. The average molecular weight is 240 g/mol. The second-order valence-electron chi connectivity index (χ2n) is 4.23. The first kappa shape index (κ1) is 12.2. The standard InChI is InChI=1S/C13H14F2O2/c14-10-4-5-11(15)9(7-10)8-12(16)13-3-1-2-6-17-13/h4-5,7,13H,1-3,6,8H2. The van der Waals surface area contributed by atoms with Crippen LogP contribution in [0.2, 0.25) is 0 Å². The van der Waals surface area contributed by atoms with Gasteiger partial charge in [-0.2, -0.15) is 0 Å². The van der Waals surface area contributed by atoms with Crippen LogP contribution in [0.25, 0.3) is 0 Å². The molecule has 1 unspecified atom stereocenters. The fourth-order valence-corrected chi connectivity index (χ4v) is 1.97. The molecule has 0 amide bonds. The zero-order valence-electron chi connectivity index (χ0n) is 9.42. The molecule has 0 radical (unpaired) electrons. The van der Waals surface area contributed by atoms with Gasteiger partial charge in [0.15, 0.2) is 5.78 Å². The molecule has 0 bridgehead atoms. The van der Waals surface area contributed by atoms with Gasteiger partial charge in [-0.1, -0.05) is 0 Å². The topological polar surface area (TPSA) is 26.3 Å². The molecule has 2 nitrogen and oxygen atoms in total. The number of rotatable bonds is 3. The van der Waals surface area contributed by atoms with E-state index in [0.717, 1.165) is 31.0 Å². The summed E-state index contributed by atoms with van der Waals surface area (Å²) in [5, 5.41) is 0. The zero-order chi connectivity index (χ0) is 12.3. The SMILES string of the molecule is O=C(Cc1cc(F)ccc1F)C1CCCCO1. The van der Waals surface area contributed by atoms with Crippen molar-refractivity contribution in [2.45, 2.75) is 31.8 Å². The summed E-state index contributed by atoms with van der Waals surface area (Å²) >= 11 is 0. The third kappa shape index (κ3) is 3.09. The Morgan fingerprint density at radius 1 is 1.35 bits per heavy atom. The molecule has 1 aromatic carbocycles. The number of carbonyl (C=O) groups is 1. The first-order valence-electron chi connectivity index (χ1n) is 5.75. The van der Waals surface area contributed by atoms with E-state index in [-0.39, 0.29) is 17.8 Å². The highest BCUT2D eigenvalue weighted by Crippen LogP contribution is 2.17. The van der Waals surface area contributed by atoms with Crippen LogP contribution in [0.1, 0.15) is 24.8 Å². The van der Waals surface area contributed by atoms with E-state index in [0.29, 0.717) is 13.0 Å². The van der Waals surface area contributed by atoms with Gasteiger partial charge in [0.1, 0.15) is 17.7 Å². The maximum Gasteiger partial charge on any atom is 0.166 e. The molecule has 2 rings (SSSR count). The van der Waals surface area contributed by atoms with Crippen molar-refractivity contribution in [1.29, 1.82) is 0 Å². The molecule has 0 aliphatic carbocycles. The maximum atomic E-state index is 13.3. The lowest BCUT2D eigenvalue weighted by Crippen LogP contribution is -2.29. The molecule has 17 heavy (non-hydrogen) atoms. The summed E-state index contributed by atoms with van der Waals surface area (Å²) in [7, 11) is 0. The molecule has 1 fully saturated rings. The van der Waals surface area contributed by atoms with Crippen molar-refractivity contribution in [3.63, 3.8) is 0 Å². The predicted molar refractivity (Wildman–Crippen MR) is 58.7 cm³/mol. The van der Waals surface area contributed by atoms with Gasteiger partial charge < -0.3 is 4.74 Å². The van der Waals surface area contributed by atoms with Crippen LogP contribution in [0.3, 0.4) is 0 Å². The van der Waals surface area contributed by atoms with Gasteiger partial charge in [0, 0.05) is 13.0 Å². The number of halogens is 2. The summed E-state index contributed by atoms with van der Waals surface area (Å²) in [4.78, 5) is 11.8. The smallest absolute Gasteiger partial charge is 0.166 e. The number of hydrogen-bond donors (Lipinski definition) is 0. The van der Waals surface area contributed by atoms with Gasteiger partial charge in [-0.25, -0.2) is 8.78 Å². The Kier molecular flexibility index (Phi) is 3.84. The lowest BCUT2D eigenvalue weighted by atomic mass is 9.99. The Bertz CT molecular complexity index is 412. The van der Waals surface area contributed by atoms with E-state index < -0.39 is 17.7 Å². The van der Waals surface area contributed by atoms with Crippen LogP contribution in [0.15, 0.2) is 18.2 Å². The molecular formula is C13H14F2O2. The van der Waals surface area contributed by atoms with Crippen LogP contribution in [-0.2, 0) is 16.0 Å². The molecule has 1 aliphatic rings. The van der Waals surface area contributed by atoms with Gasteiger partial charge in [0.05, 0.1) is 0 Å². The lowest BCUT2D eigenvalue weighted by Gasteiger charge is -2.21. The number of hydrogen-bond acceptors (Lipinski definition) is 2. The number of benzene rings is 1. The molecular weight excluding hydrogens is 226 g/mol. The van der Waals surface area contributed by atoms with Crippen molar-refractivity contribution < 1.29 is 18.3 Å². The van der Waals surface area contributed by atoms with E-state index in [2.05, 4.69) is 0 Å². The van der Waals surface area contributed by atoms with E-state index in [9.17, 15) is 13.6 Å². The fraction of sp³-hybridized carbons (Fsp3) is 0.462. The van der Waals surface area contributed by atoms with E-state index in [4.69, 9.17) is 4.74 Å². The van der Waals surface area contributed by atoms with Crippen LogP contribution in [0.4, 0.5) is 8.78 Å². The maximum absolute atomic E-state index is 13.3. The quantitative estimate of drug-likeness (QED) is 0.811. The van der Waals surface area contributed by atoms with Gasteiger partial charge in [-0.05, 0) is 43.0 Å². The number of ketones is 1. The first-order chi connectivity index (χ1) is 8.16. The van der Waals surface area contributed by atoms with E-state index >= 15 is 0 Å². The van der Waals surface area contributed by atoms with Crippen LogP contribution in [0.5, 0.6) is 0 Å². The van der Waals surface area contributed by atoms with Crippen molar-refractivity contribution in [3.05, 3.63) is 35.4 Å². The van der Waals surface area contributed by atoms with Gasteiger partial charge in [0.2, 0.25) is 0 Å². The Morgan fingerprint density at radius 2 is 2.18 bits per heavy atom. The van der Waals surface area contributed by atoms with Crippen molar-refractivity contribution in [2.24, 2.45) is 0 Å². The molecule has 0 aromatic heterocycles. The Balaban J connectivity index is 2.04. The minimum absolute atomic E-state index is 0.101. The first-order valence-corrected chi connectivity index (χ1v) is 5.75. The highest BCUT2D eigenvalue weighted by Gasteiger charge is 2.22. The Hall–Kier alpha value is -1.29. The highest BCUT2D eigenvalue weighted by molar-refractivity contribution is 5.85. The second kappa shape index (κ2) is 5.36. The summed E-state index contributed by atoms with van der Waals surface area (Å²) in [6.07, 6.45) is 2.02. The van der Waals surface area contributed by atoms with Gasteiger partial charge >= 0.3 is 0 Å². The molecule has 1 aromatic rings. The summed E-state index contributed by atoms with van der Waals surface area (Å²) in [6.45, 7) is 0.571. The fourth-order valence-electron chi connectivity index (χ4n) is 1.97. The van der Waals surface area contributed by atoms with Crippen molar-refractivity contribution in [2.75, 3.05) is 6.61 Å². The van der Waals surface area contributed by atoms with Crippen molar-refractivity contribution in [3.8, 4) is 0 Å². The molecule has 4 heteroatoms. The molecule has 0 N–H and O–H groups in total. The third-order valence-electron chi connectivity index (χ3n) is 2.91. The lowest BCUT2D eigenvalue weighted by molar-refractivity contribution is -0.132. The van der Waals surface area contributed by atoms with Gasteiger partial charge in [0.25, 0.3) is 0 Å². The normalized spacial score (nSPS) is 20.2. The molecule has 1 aliphatic heterocycles. The molecule has 1 heterocycles. The van der Waals surface area contributed by atoms with Crippen molar-refractivity contribution >= 4 is 5.78 Å². The number of Topliss-reactive ketones (excluding diaryl/α,β-unsaturated/α-hetero) is 1. The molecule has 92 valence electrons. The number of ether oxygens (including phenoxy) is 1. The minimum atomic E-state index is -0.546. The monoisotopic (exact) mass is 240 g/mol. The predicted octanol–water partition coefficient (Wildman–Crippen LogP) is 2.65. The second-order valence-corrected chi connectivity index (χ2v) is 4.23.